The third kappa shape index (κ3) is 3.79. The molecular formula is C15H21NOS. The number of thioether (sulfide) groups is 1. The van der Waals surface area contributed by atoms with E-state index in [9.17, 15) is 0 Å². The Kier molecular flexibility index (Phi) is 5.14. The van der Waals surface area contributed by atoms with E-state index in [1.807, 2.05) is 6.26 Å². The van der Waals surface area contributed by atoms with Crippen molar-refractivity contribution in [1.82, 2.24) is 5.32 Å². The third-order valence-corrected chi connectivity index (χ3v) is 4.03. The maximum atomic E-state index is 5.55. The predicted molar refractivity (Wildman–Crippen MR) is 77.9 cm³/mol. The van der Waals surface area contributed by atoms with Gasteiger partial charge in [-0.05, 0) is 49.8 Å². The molecule has 98 valence electrons. The number of nitrogens with one attached hydrogen (secondary N) is 1. The summed E-state index contributed by atoms with van der Waals surface area (Å²) in [4.78, 5) is 1.31. The van der Waals surface area contributed by atoms with Crippen molar-refractivity contribution in [3.05, 3.63) is 42.2 Å². The summed E-state index contributed by atoms with van der Waals surface area (Å²) in [5.41, 5.74) is 1.33. The zero-order valence-corrected chi connectivity index (χ0v) is 11.9. The van der Waals surface area contributed by atoms with Gasteiger partial charge in [-0.3, -0.25) is 0 Å². The second kappa shape index (κ2) is 6.86. The summed E-state index contributed by atoms with van der Waals surface area (Å²) in [7, 11) is 0. The molecule has 2 atom stereocenters. The summed E-state index contributed by atoms with van der Waals surface area (Å²) in [6, 6.07) is 9.13. The van der Waals surface area contributed by atoms with Crippen LogP contribution in [-0.2, 0) is 4.74 Å². The first-order valence-electron chi connectivity index (χ1n) is 6.47. The minimum Gasteiger partial charge on any atom is -0.497 e. The van der Waals surface area contributed by atoms with Crippen molar-refractivity contribution in [2.24, 2.45) is 0 Å². The maximum absolute atomic E-state index is 5.55. The van der Waals surface area contributed by atoms with Gasteiger partial charge in [0.2, 0.25) is 0 Å². The lowest BCUT2D eigenvalue weighted by Crippen LogP contribution is -2.31. The van der Waals surface area contributed by atoms with Crippen molar-refractivity contribution in [2.45, 2.75) is 36.8 Å². The van der Waals surface area contributed by atoms with Gasteiger partial charge in [0.25, 0.3) is 0 Å². The van der Waals surface area contributed by atoms with Crippen LogP contribution in [0.3, 0.4) is 0 Å². The Morgan fingerprint density at radius 1 is 1.39 bits per heavy atom. The lowest BCUT2D eigenvalue weighted by molar-refractivity contribution is 0.120. The molecule has 1 heterocycles. The summed E-state index contributed by atoms with van der Waals surface area (Å²) in [5, 5.41) is 3.54. The average Bonchev–Trinajstić information content (AvgIpc) is 2.46. The Morgan fingerprint density at radius 3 is 2.78 bits per heavy atom. The highest BCUT2D eigenvalue weighted by molar-refractivity contribution is 7.98. The molecule has 1 aliphatic heterocycles. The van der Waals surface area contributed by atoms with Gasteiger partial charge in [0.1, 0.15) is 6.10 Å². The van der Waals surface area contributed by atoms with Gasteiger partial charge in [0.15, 0.2) is 0 Å². The van der Waals surface area contributed by atoms with Crippen molar-refractivity contribution < 1.29 is 4.74 Å². The summed E-state index contributed by atoms with van der Waals surface area (Å²) in [6.45, 7) is 3.11. The molecule has 0 saturated carbocycles. The Bertz CT molecular complexity index is 388. The molecule has 2 rings (SSSR count). The molecule has 2 nitrogen and oxygen atoms in total. The molecule has 1 N–H and O–H groups in total. The summed E-state index contributed by atoms with van der Waals surface area (Å²) >= 11 is 1.78. The second-order valence-electron chi connectivity index (χ2n) is 4.61. The van der Waals surface area contributed by atoms with Crippen LogP contribution in [0.5, 0.6) is 0 Å². The molecule has 1 aromatic carbocycles. The summed E-state index contributed by atoms with van der Waals surface area (Å²) in [5.74, 6) is 0. The van der Waals surface area contributed by atoms with E-state index in [2.05, 4.69) is 48.8 Å². The Balaban J connectivity index is 1.82. The largest absolute Gasteiger partial charge is 0.497 e. The fourth-order valence-corrected chi connectivity index (χ4v) is 2.46. The average molecular weight is 263 g/mol. The number of ether oxygens (including phenoxy) is 1. The minimum atomic E-state index is 0.322. The fourth-order valence-electron chi connectivity index (χ4n) is 2.05. The molecule has 0 saturated heterocycles. The fraction of sp³-hybridized carbons (Fsp3) is 0.467. The van der Waals surface area contributed by atoms with E-state index in [-0.39, 0.29) is 0 Å². The molecule has 1 aliphatic rings. The smallest absolute Gasteiger partial charge is 0.110 e. The van der Waals surface area contributed by atoms with Crippen LogP contribution >= 0.6 is 11.8 Å². The Labute approximate surface area is 114 Å². The number of hydrogen-bond donors (Lipinski definition) is 1. The van der Waals surface area contributed by atoms with Crippen molar-refractivity contribution in [3.63, 3.8) is 0 Å². The van der Waals surface area contributed by atoms with Gasteiger partial charge in [-0.1, -0.05) is 12.1 Å². The van der Waals surface area contributed by atoms with Crippen molar-refractivity contribution >= 4 is 11.8 Å². The van der Waals surface area contributed by atoms with E-state index < -0.39 is 0 Å². The highest BCUT2D eigenvalue weighted by atomic mass is 32.2. The van der Waals surface area contributed by atoms with Crippen LogP contribution in [0.1, 0.15) is 31.4 Å². The number of rotatable bonds is 5. The molecule has 0 spiro atoms. The topological polar surface area (TPSA) is 21.3 Å². The standard InChI is InChI=1S/C15H21NOS/c1-12(13-6-8-15(18-2)9-7-13)16-11-14-5-3-4-10-17-14/h4,6-10,12,14,16H,3,5,11H2,1-2H3. The van der Waals surface area contributed by atoms with Crippen LogP contribution in [0.2, 0.25) is 0 Å². The lowest BCUT2D eigenvalue weighted by atomic mass is 10.1. The number of allylic oxidation sites excluding steroid dienone is 1. The van der Waals surface area contributed by atoms with Gasteiger partial charge in [-0.15, -0.1) is 11.8 Å². The summed E-state index contributed by atoms with van der Waals surface area (Å²) in [6.07, 6.45) is 8.58. The van der Waals surface area contributed by atoms with Gasteiger partial charge < -0.3 is 10.1 Å². The van der Waals surface area contributed by atoms with E-state index in [4.69, 9.17) is 4.74 Å². The van der Waals surface area contributed by atoms with E-state index >= 15 is 0 Å². The van der Waals surface area contributed by atoms with Gasteiger partial charge in [-0.2, -0.15) is 0 Å². The number of hydrogen-bond acceptors (Lipinski definition) is 3. The van der Waals surface area contributed by atoms with Gasteiger partial charge in [0.05, 0.1) is 6.26 Å². The van der Waals surface area contributed by atoms with Crippen molar-refractivity contribution in [1.29, 1.82) is 0 Å². The molecule has 3 heteroatoms. The third-order valence-electron chi connectivity index (χ3n) is 3.29. The zero-order valence-electron chi connectivity index (χ0n) is 11.1. The monoisotopic (exact) mass is 263 g/mol. The minimum absolute atomic E-state index is 0.322. The van der Waals surface area contributed by atoms with Crippen LogP contribution in [-0.4, -0.2) is 18.9 Å². The molecule has 0 aromatic heterocycles. The molecule has 0 fully saturated rings. The van der Waals surface area contributed by atoms with Gasteiger partial charge >= 0.3 is 0 Å². The lowest BCUT2D eigenvalue weighted by Gasteiger charge is -2.22. The first kappa shape index (κ1) is 13.5. The molecule has 1 aromatic rings. The van der Waals surface area contributed by atoms with E-state index in [1.165, 1.54) is 10.5 Å². The number of benzene rings is 1. The van der Waals surface area contributed by atoms with E-state index in [0.29, 0.717) is 12.1 Å². The normalized spacial score (nSPS) is 20.4. The van der Waals surface area contributed by atoms with Gasteiger partial charge in [-0.25, -0.2) is 0 Å². The Morgan fingerprint density at radius 2 is 2.17 bits per heavy atom. The summed E-state index contributed by atoms with van der Waals surface area (Å²) < 4.78 is 5.55. The highest BCUT2D eigenvalue weighted by Crippen LogP contribution is 2.19. The van der Waals surface area contributed by atoms with E-state index in [0.717, 1.165) is 19.4 Å². The molecule has 0 aliphatic carbocycles. The predicted octanol–water partition coefficient (Wildman–Crippen LogP) is 3.75. The second-order valence-corrected chi connectivity index (χ2v) is 5.49. The SMILES string of the molecule is CSc1ccc(C(C)NCC2CCC=CO2)cc1. The molecule has 0 radical (unpaired) electrons. The van der Waals surface area contributed by atoms with Crippen LogP contribution < -0.4 is 5.32 Å². The van der Waals surface area contributed by atoms with Crippen LogP contribution in [0.4, 0.5) is 0 Å². The van der Waals surface area contributed by atoms with Crippen molar-refractivity contribution in [3.8, 4) is 0 Å². The van der Waals surface area contributed by atoms with Crippen LogP contribution in [0.25, 0.3) is 0 Å². The first-order chi connectivity index (χ1) is 8.79. The maximum Gasteiger partial charge on any atom is 0.110 e. The molecular weight excluding hydrogens is 242 g/mol. The quantitative estimate of drug-likeness (QED) is 0.817. The zero-order chi connectivity index (χ0) is 12.8. The van der Waals surface area contributed by atoms with E-state index in [1.54, 1.807) is 11.8 Å². The highest BCUT2D eigenvalue weighted by Gasteiger charge is 2.12. The van der Waals surface area contributed by atoms with Gasteiger partial charge in [0, 0.05) is 17.5 Å². The van der Waals surface area contributed by atoms with Crippen molar-refractivity contribution in [2.75, 3.05) is 12.8 Å². The molecule has 0 amide bonds. The molecule has 0 bridgehead atoms. The molecule has 18 heavy (non-hydrogen) atoms. The Hall–Kier alpha value is -0.930. The van der Waals surface area contributed by atoms with Crippen LogP contribution in [0, 0.1) is 0 Å². The molecule has 2 unspecified atom stereocenters. The first-order valence-corrected chi connectivity index (χ1v) is 7.70. The van der Waals surface area contributed by atoms with Crippen LogP contribution in [0.15, 0.2) is 41.5 Å².